The molecule has 0 aliphatic carbocycles. The van der Waals surface area contributed by atoms with E-state index >= 15 is 0 Å². The molecule has 12 atom stereocenters. The van der Waals surface area contributed by atoms with Gasteiger partial charge in [0.05, 0.1) is 12.2 Å². The molecule has 0 saturated carbocycles. The number of amides is 8. The lowest BCUT2D eigenvalue weighted by atomic mass is 9.95. The van der Waals surface area contributed by atoms with E-state index in [1.807, 2.05) is 0 Å². The van der Waals surface area contributed by atoms with Crippen LogP contribution in [0.4, 0.5) is 0 Å². The molecule has 0 rings (SSSR count). The third kappa shape index (κ3) is 26.4. The van der Waals surface area contributed by atoms with E-state index in [0.29, 0.717) is 0 Å². The molecule has 0 saturated heterocycles. The van der Waals surface area contributed by atoms with Gasteiger partial charge in [0, 0.05) is 25.9 Å². The molecule has 0 spiro atoms. The maximum absolute atomic E-state index is 14.1. The van der Waals surface area contributed by atoms with Gasteiger partial charge >= 0.3 is 17.9 Å². The Bertz CT molecular complexity index is 2030. The van der Waals surface area contributed by atoms with Gasteiger partial charge in [-0.3, -0.25) is 57.9 Å². The van der Waals surface area contributed by atoms with Crippen molar-refractivity contribution in [1.82, 2.24) is 42.5 Å². The van der Waals surface area contributed by atoms with E-state index in [0.717, 1.165) is 13.8 Å². The zero-order chi connectivity index (χ0) is 57.9. The Morgan fingerprint density at radius 1 is 0.453 bits per heavy atom. The molecule has 0 fully saturated rings. The first kappa shape index (κ1) is 67.6. The fourth-order valence-corrected chi connectivity index (χ4v) is 6.69. The Balaban J connectivity index is 6.76. The van der Waals surface area contributed by atoms with E-state index in [2.05, 4.69) is 52.5 Å². The number of nitrogens with one attached hydrogen (secondary N) is 8. The second kappa shape index (κ2) is 34.1. The average Bonchev–Trinajstić information content (AvgIpc) is 3.31. The Morgan fingerprint density at radius 2 is 0.827 bits per heavy atom. The van der Waals surface area contributed by atoms with E-state index in [4.69, 9.17) is 28.7 Å². The van der Waals surface area contributed by atoms with E-state index in [-0.39, 0.29) is 57.1 Å². The number of nitrogens with zero attached hydrogens (tertiary/aromatic N) is 2. The summed E-state index contributed by atoms with van der Waals surface area (Å²) >= 11 is 0. The van der Waals surface area contributed by atoms with Gasteiger partial charge in [0.25, 0.3) is 0 Å². The molecular weight excluding hydrogens is 995 g/mol. The summed E-state index contributed by atoms with van der Waals surface area (Å²) in [6.45, 7) is 9.88. The molecule has 426 valence electrons. The Kier molecular flexibility index (Phi) is 30.8. The van der Waals surface area contributed by atoms with Crippen molar-refractivity contribution in [2.45, 2.75) is 173 Å². The van der Waals surface area contributed by atoms with E-state index in [9.17, 15) is 78.3 Å². The molecular formula is C44H79N15O16. The van der Waals surface area contributed by atoms with Crippen LogP contribution in [-0.2, 0) is 52.7 Å². The standard InChI is InChI=1S/C44H79N15O16/c1-8-20(4)32(40(72)57-31(19(2)3)39(71)56-27(42(74)75)12-10-18-51-44(48)49)58-37(69)26(14-16-29(64)65)55-35(67)24(11-9-17-50-43(46)47)54-36(68)25(13-15-28(62)63)53-34(66)21(5)52-41(73)33(23(7)61)59-38(70)30(45)22(6)60/h19-27,30-33,60-61H,8-18,45H2,1-7H3,(H,52,73)(H,53,66)(H,54,68)(H,55,67)(H,56,71)(H,57,72)(H,58,69)(H,59,70)(H,62,63)(H,64,65)(H,74,75)(H4,46,47,50)(H4,48,49,51)/t20-,21-,22+,23+,24-,25-,26-,27-,30-,31-,32-,33-/m0/s1. The highest BCUT2D eigenvalue weighted by atomic mass is 16.4. The zero-order valence-corrected chi connectivity index (χ0v) is 43.3. The lowest BCUT2D eigenvalue weighted by Crippen LogP contribution is -2.61. The Labute approximate surface area is 433 Å². The van der Waals surface area contributed by atoms with Crippen LogP contribution in [0.5, 0.6) is 0 Å². The minimum absolute atomic E-state index is 0.0212. The third-order valence-corrected chi connectivity index (χ3v) is 11.4. The number of hydrogen-bond acceptors (Lipinski definition) is 16. The summed E-state index contributed by atoms with van der Waals surface area (Å²) in [7, 11) is 0. The van der Waals surface area contributed by atoms with Crippen molar-refractivity contribution >= 4 is 77.1 Å². The smallest absolute Gasteiger partial charge is 0.326 e. The summed E-state index contributed by atoms with van der Waals surface area (Å²) in [4.78, 5) is 151. The number of carboxylic acid groups (broad SMARTS) is 3. The highest BCUT2D eigenvalue weighted by Crippen LogP contribution is 2.13. The Hall–Kier alpha value is -7.41. The monoisotopic (exact) mass is 1070 g/mol. The van der Waals surface area contributed by atoms with Crippen LogP contribution in [0.2, 0.25) is 0 Å². The van der Waals surface area contributed by atoms with Crippen molar-refractivity contribution in [3.63, 3.8) is 0 Å². The van der Waals surface area contributed by atoms with E-state index < -0.39 is 169 Å². The van der Waals surface area contributed by atoms with Crippen molar-refractivity contribution in [1.29, 1.82) is 0 Å². The van der Waals surface area contributed by atoms with Crippen LogP contribution in [0.15, 0.2) is 9.98 Å². The second-order valence-corrected chi connectivity index (χ2v) is 18.2. The fraction of sp³-hybridized carbons (Fsp3) is 0.705. The molecule has 31 heteroatoms. The largest absolute Gasteiger partial charge is 0.481 e. The topological polar surface area (TPSA) is 540 Å². The van der Waals surface area contributed by atoms with Crippen molar-refractivity contribution in [3.05, 3.63) is 0 Å². The average molecular weight is 1070 g/mol. The maximum atomic E-state index is 14.1. The number of carbonyl (C=O) groups is 11. The van der Waals surface area contributed by atoms with Gasteiger partial charge in [0.1, 0.15) is 54.4 Å². The number of rotatable bonds is 36. The van der Waals surface area contributed by atoms with Gasteiger partial charge in [-0.15, -0.1) is 0 Å². The second-order valence-electron chi connectivity index (χ2n) is 18.2. The van der Waals surface area contributed by atoms with Gasteiger partial charge in [-0.25, -0.2) is 4.79 Å². The summed E-state index contributed by atoms with van der Waals surface area (Å²) in [5.41, 5.74) is 27.1. The number of hydrogen-bond donors (Lipinski definition) is 18. The van der Waals surface area contributed by atoms with Gasteiger partial charge in [-0.1, -0.05) is 34.1 Å². The molecule has 0 bridgehead atoms. The lowest BCUT2D eigenvalue weighted by Gasteiger charge is -2.30. The van der Waals surface area contributed by atoms with Crippen LogP contribution in [0.3, 0.4) is 0 Å². The first-order valence-corrected chi connectivity index (χ1v) is 24.2. The number of carbonyl (C=O) groups excluding carboxylic acids is 8. The van der Waals surface area contributed by atoms with Gasteiger partial charge in [-0.05, 0) is 71.1 Å². The van der Waals surface area contributed by atoms with Crippen molar-refractivity contribution in [2.24, 2.45) is 50.5 Å². The zero-order valence-electron chi connectivity index (χ0n) is 43.3. The molecule has 0 heterocycles. The molecule has 0 aliphatic rings. The van der Waals surface area contributed by atoms with Crippen LogP contribution >= 0.6 is 0 Å². The predicted octanol–water partition coefficient (Wildman–Crippen LogP) is -6.40. The summed E-state index contributed by atoms with van der Waals surface area (Å²) in [6, 6.07) is -13.9. The van der Waals surface area contributed by atoms with Gasteiger partial charge in [-0.2, -0.15) is 0 Å². The first-order valence-electron chi connectivity index (χ1n) is 24.2. The third-order valence-electron chi connectivity index (χ3n) is 11.4. The van der Waals surface area contributed by atoms with E-state index in [1.165, 1.54) is 6.92 Å². The molecule has 0 aromatic heterocycles. The van der Waals surface area contributed by atoms with Crippen LogP contribution in [-0.4, -0.2) is 182 Å². The summed E-state index contributed by atoms with van der Waals surface area (Å²) in [5.74, 6) is -14.3. The maximum Gasteiger partial charge on any atom is 0.326 e. The van der Waals surface area contributed by atoms with Crippen LogP contribution in [0.25, 0.3) is 0 Å². The van der Waals surface area contributed by atoms with Crippen molar-refractivity contribution in [3.8, 4) is 0 Å². The van der Waals surface area contributed by atoms with Crippen LogP contribution in [0, 0.1) is 11.8 Å². The van der Waals surface area contributed by atoms with Crippen LogP contribution in [0.1, 0.15) is 106 Å². The number of guanidine groups is 2. The summed E-state index contributed by atoms with van der Waals surface area (Å²) < 4.78 is 0. The number of nitrogens with two attached hydrogens (primary N) is 5. The fourth-order valence-electron chi connectivity index (χ4n) is 6.69. The summed E-state index contributed by atoms with van der Waals surface area (Å²) in [5, 5.41) is 67.6. The quantitative estimate of drug-likeness (QED) is 0.0158. The minimum Gasteiger partial charge on any atom is -0.481 e. The lowest BCUT2D eigenvalue weighted by molar-refractivity contribution is -0.143. The number of aliphatic hydroxyl groups excluding tert-OH is 2. The molecule has 0 aromatic carbocycles. The molecule has 8 amide bonds. The molecule has 0 aliphatic heterocycles. The minimum atomic E-state index is -1.72. The molecule has 0 unspecified atom stereocenters. The van der Waals surface area contributed by atoms with Crippen molar-refractivity contribution in [2.75, 3.05) is 13.1 Å². The van der Waals surface area contributed by atoms with Crippen molar-refractivity contribution < 1.29 is 78.3 Å². The first-order chi connectivity index (χ1) is 34.8. The molecule has 0 radical (unpaired) electrons. The number of aliphatic hydroxyl groups is 2. The van der Waals surface area contributed by atoms with Crippen LogP contribution < -0.4 is 71.2 Å². The van der Waals surface area contributed by atoms with E-state index in [1.54, 1.807) is 27.7 Å². The highest BCUT2D eigenvalue weighted by molar-refractivity contribution is 5.98. The molecule has 23 N–H and O–H groups in total. The Morgan fingerprint density at radius 3 is 1.23 bits per heavy atom. The van der Waals surface area contributed by atoms with Gasteiger partial charge in [0.15, 0.2) is 11.9 Å². The SMILES string of the molecule is CC[C@H](C)[C@H](NC(=O)[C@H](CCC(=O)O)NC(=O)[C@H](CCCN=C(N)N)NC(=O)[C@H](CCC(=O)O)NC(=O)[C@H](C)NC(=O)[C@@H](NC(=O)[C@@H](N)[C@@H](C)O)[C@@H](C)O)C(=O)N[C@H](C(=O)N[C@@H](CCCN=C(N)N)C(=O)O)C(C)C. The number of carboxylic acids is 3. The summed E-state index contributed by atoms with van der Waals surface area (Å²) in [6.07, 6.45) is -5.39. The van der Waals surface area contributed by atoms with Gasteiger partial charge < -0.3 is 96.7 Å². The predicted molar refractivity (Wildman–Crippen MR) is 268 cm³/mol. The number of aliphatic carboxylic acids is 3. The molecule has 0 aromatic rings. The van der Waals surface area contributed by atoms with Gasteiger partial charge in [0.2, 0.25) is 47.3 Å². The molecule has 31 nitrogen and oxygen atoms in total. The number of aliphatic imine (C=N–C) groups is 2. The normalized spacial score (nSPS) is 15.8. The molecule has 75 heavy (non-hydrogen) atoms. The highest BCUT2D eigenvalue weighted by Gasteiger charge is 2.37.